The van der Waals surface area contributed by atoms with Crippen LogP contribution in [0.4, 0.5) is 13.2 Å². The van der Waals surface area contributed by atoms with Crippen LogP contribution in [0.25, 0.3) is 0 Å². The van der Waals surface area contributed by atoms with E-state index in [0.29, 0.717) is 11.8 Å². The van der Waals surface area contributed by atoms with Gasteiger partial charge >= 0.3 is 12.1 Å². The van der Waals surface area contributed by atoms with Crippen LogP contribution in [0, 0.1) is 11.8 Å². The van der Waals surface area contributed by atoms with E-state index in [9.17, 15) is 13.2 Å². The first kappa shape index (κ1) is 11.3. The van der Waals surface area contributed by atoms with Crippen LogP contribution in [-0.2, 0) is 4.79 Å². The number of aliphatic hydroxyl groups is 1. The molecule has 0 aromatic carbocycles. The zero-order valence-corrected chi connectivity index (χ0v) is 7.08. The third-order valence-electron chi connectivity index (χ3n) is 2.29. The van der Waals surface area contributed by atoms with Gasteiger partial charge in [-0.1, -0.05) is 0 Å². The van der Waals surface area contributed by atoms with Gasteiger partial charge in [0.2, 0.25) is 0 Å². The molecule has 0 amide bonds. The molecule has 14 heavy (non-hydrogen) atoms. The second kappa shape index (κ2) is 3.74. The highest BCUT2D eigenvalue weighted by atomic mass is 19.4. The number of aliphatic hydroxyl groups excluding tert-OH is 1. The number of hydrogen-bond donors (Lipinski definition) is 3. The average molecular weight is 213 g/mol. The number of piperidine rings is 1. The Balaban J connectivity index is 0.000000140. The minimum absolute atomic E-state index is 0.0567. The lowest BCUT2D eigenvalue weighted by Gasteiger charge is -1.93. The lowest BCUT2D eigenvalue weighted by Crippen LogP contribution is -2.21. The van der Waals surface area contributed by atoms with Crippen molar-refractivity contribution < 1.29 is 28.2 Å². The van der Waals surface area contributed by atoms with Gasteiger partial charge < -0.3 is 15.5 Å². The van der Waals surface area contributed by atoms with Crippen molar-refractivity contribution in [3.63, 3.8) is 0 Å². The van der Waals surface area contributed by atoms with Gasteiger partial charge in [-0.15, -0.1) is 0 Å². The van der Waals surface area contributed by atoms with Crippen LogP contribution in [0.2, 0.25) is 0 Å². The van der Waals surface area contributed by atoms with Crippen molar-refractivity contribution in [2.75, 3.05) is 13.1 Å². The molecule has 1 aliphatic carbocycles. The molecule has 0 bridgehead atoms. The number of halogens is 3. The molecule has 1 heterocycles. The maximum Gasteiger partial charge on any atom is 0.490 e. The molecule has 0 radical (unpaired) electrons. The van der Waals surface area contributed by atoms with E-state index in [1.165, 1.54) is 0 Å². The zero-order valence-electron chi connectivity index (χ0n) is 7.08. The summed E-state index contributed by atoms with van der Waals surface area (Å²) in [5.74, 6) is -1.51. The summed E-state index contributed by atoms with van der Waals surface area (Å²) >= 11 is 0. The van der Waals surface area contributed by atoms with Crippen LogP contribution >= 0.6 is 0 Å². The van der Waals surface area contributed by atoms with Crippen molar-refractivity contribution in [2.24, 2.45) is 11.8 Å². The summed E-state index contributed by atoms with van der Waals surface area (Å²) < 4.78 is 31.7. The largest absolute Gasteiger partial charge is 0.490 e. The summed E-state index contributed by atoms with van der Waals surface area (Å²) in [5.41, 5.74) is 0. The third kappa shape index (κ3) is 2.58. The van der Waals surface area contributed by atoms with Crippen LogP contribution < -0.4 is 5.32 Å². The van der Waals surface area contributed by atoms with Crippen molar-refractivity contribution in [1.82, 2.24) is 5.32 Å². The first-order valence-corrected chi connectivity index (χ1v) is 4.03. The number of nitrogens with one attached hydrogen (secondary N) is 1. The smallest absolute Gasteiger partial charge is 0.475 e. The Morgan fingerprint density at radius 3 is 1.79 bits per heavy atom. The van der Waals surface area contributed by atoms with Gasteiger partial charge in [-0.05, 0) is 0 Å². The molecular weight excluding hydrogens is 203 g/mol. The topological polar surface area (TPSA) is 69.6 Å². The van der Waals surface area contributed by atoms with Gasteiger partial charge in [0, 0.05) is 24.9 Å². The van der Waals surface area contributed by atoms with Crippen molar-refractivity contribution in [3.8, 4) is 0 Å². The van der Waals surface area contributed by atoms with Crippen LogP contribution in [0.1, 0.15) is 0 Å². The van der Waals surface area contributed by atoms with E-state index >= 15 is 0 Å². The Morgan fingerprint density at radius 1 is 1.29 bits per heavy atom. The number of carbonyl (C=O) groups is 1. The molecule has 2 fully saturated rings. The van der Waals surface area contributed by atoms with E-state index in [-0.39, 0.29) is 6.10 Å². The standard InChI is InChI=1S/C5H9NO.C2HF3O2/c7-5-3-1-6-2-4(3)5;3-2(4,5)1(6)7/h3-7H,1-2H2;(H,6,7). The van der Waals surface area contributed by atoms with Gasteiger partial charge in [0.1, 0.15) is 0 Å². The fourth-order valence-corrected chi connectivity index (χ4v) is 1.39. The van der Waals surface area contributed by atoms with Crippen LogP contribution in [0.15, 0.2) is 0 Å². The van der Waals surface area contributed by atoms with Gasteiger partial charge in [0.15, 0.2) is 0 Å². The average Bonchev–Trinajstić information content (AvgIpc) is 2.47. The maximum atomic E-state index is 10.6. The van der Waals surface area contributed by atoms with Crippen molar-refractivity contribution >= 4 is 5.97 Å². The van der Waals surface area contributed by atoms with Gasteiger partial charge in [-0.3, -0.25) is 0 Å². The highest BCUT2D eigenvalue weighted by Gasteiger charge is 2.51. The highest BCUT2D eigenvalue weighted by Crippen LogP contribution is 2.41. The Hall–Kier alpha value is -0.820. The highest BCUT2D eigenvalue weighted by molar-refractivity contribution is 5.73. The molecule has 2 atom stereocenters. The predicted molar refractivity (Wildman–Crippen MR) is 39.5 cm³/mol. The van der Waals surface area contributed by atoms with Gasteiger partial charge in [0.05, 0.1) is 6.10 Å². The summed E-state index contributed by atoms with van der Waals surface area (Å²) in [5, 5.41) is 19.2. The third-order valence-corrected chi connectivity index (χ3v) is 2.29. The van der Waals surface area contributed by atoms with Gasteiger partial charge in [-0.25, -0.2) is 4.79 Å². The van der Waals surface area contributed by atoms with Crippen LogP contribution in [-0.4, -0.2) is 41.6 Å². The van der Waals surface area contributed by atoms with E-state index < -0.39 is 12.1 Å². The number of aliphatic carboxylic acids is 1. The number of carboxylic acid groups (broad SMARTS) is 1. The van der Waals surface area contributed by atoms with Crippen molar-refractivity contribution in [3.05, 3.63) is 0 Å². The van der Waals surface area contributed by atoms with E-state index in [1.807, 2.05) is 0 Å². The molecule has 2 rings (SSSR count). The molecule has 0 spiro atoms. The van der Waals surface area contributed by atoms with E-state index in [2.05, 4.69) is 5.32 Å². The Bertz CT molecular complexity index is 221. The van der Waals surface area contributed by atoms with E-state index in [1.54, 1.807) is 0 Å². The molecule has 2 aliphatic rings. The molecule has 1 saturated carbocycles. The number of rotatable bonds is 0. The molecular formula is C7H10F3NO3. The number of fused-ring (bicyclic) bond motifs is 1. The Morgan fingerprint density at radius 2 is 1.64 bits per heavy atom. The molecule has 1 saturated heterocycles. The Labute approximate surface area is 77.7 Å². The number of alkyl halides is 3. The molecule has 0 aromatic rings. The molecule has 7 heteroatoms. The summed E-state index contributed by atoms with van der Waals surface area (Å²) in [7, 11) is 0. The second-order valence-corrected chi connectivity index (χ2v) is 3.28. The second-order valence-electron chi connectivity index (χ2n) is 3.28. The summed E-state index contributed by atoms with van der Waals surface area (Å²) in [4.78, 5) is 8.90. The molecule has 3 N–H and O–H groups in total. The minimum Gasteiger partial charge on any atom is -0.475 e. The first-order chi connectivity index (χ1) is 6.34. The Kier molecular flexibility index (Phi) is 3.01. The van der Waals surface area contributed by atoms with Crippen LogP contribution in [0.5, 0.6) is 0 Å². The predicted octanol–water partition coefficient (Wildman–Crippen LogP) is -0.170. The first-order valence-electron chi connectivity index (χ1n) is 4.03. The molecule has 1 aliphatic heterocycles. The lowest BCUT2D eigenvalue weighted by molar-refractivity contribution is -0.192. The number of carboxylic acids is 1. The molecule has 2 unspecified atom stereocenters. The summed E-state index contributed by atoms with van der Waals surface area (Å²) in [6.07, 6.45) is -5.03. The van der Waals surface area contributed by atoms with E-state index in [0.717, 1.165) is 13.1 Å². The molecule has 0 aromatic heterocycles. The van der Waals surface area contributed by atoms with Gasteiger partial charge in [-0.2, -0.15) is 13.2 Å². The van der Waals surface area contributed by atoms with Gasteiger partial charge in [0.25, 0.3) is 0 Å². The summed E-state index contributed by atoms with van der Waals surface area (Å²) in [6.45, 7) is 2.09. The minimum atomic E-state index is -5.08. The maximum absolute atomic E-state index is 10.6. The zero-order chi connectivity index (χ0) is 10.9. The molecule has 82 valence electrons. The van der Waals surface area contributed by atoms with Crippen LogP contribution in [0.3, 0.4) is 0 Å². The van der Waals surface area contributed by atoms with Crippen molar-refractivity contribution in [2.45, 2.75) is 12.3 Å². The number of hydrogen-bond acceptors (Lipinski definition) is 3. The fraction of sp³-hybridized carbons (Fsp3) is 0.857. The summed E-state index contributed by atoms with van der Waals surface area (Å²) in [6, 6.07) is 0. The SMILES string of the molecule is O=C(O)C(F)(F)F.OC1C2CNCC12. The monoisotopic (exact) mass is 213 g/mol. The normalized spacial score (nSPS) is 34.1. The lowest BCUT2D eigenvalue weighted by atomic mass is 10.4. The van der Waals surface area contributed by atoms with Crippen molar-refractivity contribution in [1.29, 1.82) is 0 Å². The fourth-order valence-electron chi connectivity index (χ4n) is 1.39. The molecule has 4 nitrogen and oxygen atoms in total. The van der Waals surface area contributed by atoms with E-state index in [4.69, 9.17) is 15.0 Å². The quantitative estimate of drug-likeness (QED) is 0.522.